The molecule has 0 aliphatic carbocycles. The number of aromatic carboxylic acids is 1. The van der Waals surface area contributed by atoms with Gasteiger partial charge in [0.2, 0.25) is 5.91 Å². The molecular formula is C22H25NO4. The van der Waals surface area contributed by atoms with Crippen molar-refractivity contribution >= 4 is 11.9 Å². The van der Waals surface area contributed by atoms with Crippen molar-refractivity contribution in [1.29, 1.82) is 0 Å². The van der Waals surface area contributed by atoms with Crippen LogP contribution in [0.1, 0.15) is 34.3 Å². The second-order valence-electron chi connectivity index (χ2n) is 6.98. The minimum absolute atomic E-state index is 0.000517. The van der Waals surface area contributed by atoms with Gasteiger partial charge >= 0.3 is 5.97 Å². The summed E-state index contributed by atoms with van der Waals surface area (Å²) in [5.41, 5.74) is 1.99. The molecule has 0 atom stereocenters. The third-order valence-corrected chi connectivity index (χ3v) is 5.26. The van der Waals surface area contributed by atoms with E-state index in [1.54, 1.807) is 31.4 Å². The lowest BCUT2D eigenvalue weighted by Gasteiger charge is -2.32. The molecule has 5 nitrogen and oxygen atoms in total. The molecule has 1 amide bonds. The number of rotatable bonds is 6. The van der Waals surface area contributed by atoms with Crippen LogP contribution in [0.25, 0.3) is 0 Å². The van der Waals surface area contributed by atoms with Gasteiger partial charge in [0.25, 0.3) is 0 Å². The molecule has 0 radical (unpaired) electrons. The number of likely N-dealkylation sites (tertiary alicyclic amines) is 1. The van der Waals surface area contributed by atoms with Gasteiger partial charge in [0.1, 0.15) is 5.75 Å². The predicted molar refractivity (Wildman–Crippen MR) is 103 cm³/mol. The van der Waals surface area contributed by atoms with E-state index in [4.69, 9.17) is 4.74 Å². The van der Waals surface area contributed by atoms with E-state index in [1.165, 1.54) is 5.56 Å². The number of nitrogens with zero attached hydrogens (tertiary/aromatic N) is 1. The molecule has 0 aromatic heterocycles. The Morgan fingerprint density at radius 2 is 1.67 bits per heavy atom. The van der Waals surface area contributed by atoms with E-state index < -0.39 is 5.97 Å². The molecule has 3 rings (SSSR count). The van der Waals surface area contributed by atoms with Gasteiger partial charge in [-0.15, -0.1) is 0 Å². The Kier molecular flexibility index (Phi) is 6.12. The van der Waals surface area contributed by atoms with Gasteiger partial charge in [-0.25, -0.2) is 4.79 Å². The van der Waals surface area contributed by atoms with Gasteiger partial charge in [-0.3, -0.25) is 4.79 Å². The molecule has 1 aliphatic heterocycles. The summed E-state index contributed by atoms with van der Waals surface area (Å²) in [6, 6.07) is 14.8. The molecule has 142 valence electrons. The number of ether oxygens (including phenoxy) is 1. The zero-order chi connectivity index (χ0) is 19.2. The number of carboxylic acids is 1. The van der Waals surface area contributed by atoms with Crippen LogP contribution in [0.2, 0.25) is 0 Å². The first-order valence-electron chi connectivity index (χ1n) is 9.29. The molecule has 0 saturated carbocycles. The van der Waals surface area contributed by atoms with Crippen LogP contribution in [0.4, 0.5) is 0 Å². The number of piperidine rings is 1. The molecule has 1 N–H and O–H groups in total. The van der Waals surface area contributed by atoms with E-state index in [0.29, 0.717) is 24.6 Å². The Morgan fingerprint density at radius 1 is 1.04 bits per heavy atom. The summed E-state index contributed by atoms with van der Waals surface area (Å²) in [5, 5.41) is 9.27. The van der Waals surface area contributed by atoms with E-state index >= 15 is 0 Å². The highest BCUT2D eigenvalue weighted by molar-refractivity contribution is 5.91. The lowest BCUT2D eigenvalue weighted by molar-refractivity contribution is -0.131. The number of hydrogen-bond acceptors (Lipinski definition) is 3. The average molecular weight is 367 g/mol. The monoisotopic (exact) mass is 367 g/mol. The zero-order valence-corrected chi connectivity index (χ0v) is 15.6. The highest BCUT2D eigenvalue weighted by atomic mass is 16.5. The van der Waals surface area contributed by atoms with Crippen molar-refractivity contribution in [3.63, 3.8) is 0 Å². The lowest BCUT2D eigenvalue weighted by atomic mass is 9.89. The second kappa shape index (κ2) is 8.71. The fourth-order valence-electron chi connectivity index (χ4n) is 3.73. The average Bonchev–Trinajstić information content (AvgIpc) is 2.69. The van der Waals surface area contributed by atoms with E-state index in [2.05, 4.69) is 6.07 Å². The number of hydrogen-bond donors (Lipinski definition) is 1. The molecule has 2 aromatic rings. The van der Waals surface area contributed by atoms with Crippen molar-refractivity contribution in [2.75, 3.05) is 20.2 Å². The quantitative estimate of drug-likeness (QED) is 0.850. The summed E-state index contributed by atoms with van der Waals surface area (Å²) >= 11 is 0. The minimum atomic E-state index is -0.992. The Labute approximate surface area is 159 Å². The third-order valence-electron chi connectivity index (χ3n) is 5.26. The van der Waals surface area contributed by atoms with Crippen LogP contribution in [0.5, 0.6) is 5.75 Å². The first-order chi connectivity index (χ1) is 13.1. The number of methoxy groups -OCH3 is 1. The molecule has 0 spiro atoms. The number of carbonyl (C=O) groups is 2. The SMILES string of the molecule is COc1ccccc1CC1CCN(C(=O)Cc2ccccc2C(=O)O)CC1. The maximum absolute atomic E-state index is 12.6. The molecule has 1 saturated heterocycles. The Hall–Kier alpha value is -2.82. The Bertz CT molecular complexity index is 809. The van der Waals surface area contributed by atoms with Gasteiger partial charge < -0.3 is 14.7 Å². The predicted octanol–water partition coefficient (Wildman–Crippen LogP) is 3.42. The van der Waals surface area contributed by atoms with E-state index in [1.807, 2.05) is 23.1 Å². The summed E-state index contributed by atoms with van der Waals surface area (Å²) in [6.07, 6.45) is 2.99. The molecule has 0 unspecified atom stereocenters. The van der Waals surface area contributed by atoms with Crippen molar-refractivity contribution in [2.24, 2.45) is 5.92 Å². The summed E-state index contributed by atoms with van der Waals surface area (Å²) in [5.74, 6) is 0.450. The van der Waals surface area contributed by atoms with Crippen molar-refractivity contribution in [3.8, 4) is 5.75 Å². The van der Waals surface area contributed by atoms with Gasteiger partial charge in [0.15, 0.2) is 0 Å². The van der Waals surface area contributed by atoms with Crippen LogP contribution in [0, 0.1) is 5.92 Å². The van der Waals surface area contributed by atoms with Gasteiger partial charge in [0.05, 0.1) is 19.1 Å². The zero-order valence-electron chi connectivity index (χ0n) is 15.6. The summed E-state index contributed by atoms with van der Waals surface area (Å²) in [4.78, 5) is 25.8. The van der Waals surface area contributed by atoms with Crippen molar-refractivity contribution in [3.05, 3.63) is 65.2 Å². The fraction of sp³-hybridized carbons (Fsp3) is 0.364. The molecule has 2 aromatic carbocycles. The molecule has 1 fully saturated rings. The van der Waals surface area contributed by atoms with E-state index in [0.717, 1.165) is 25.0 Å². The normalized spacial score (nSPS) is 14.8. The smallest absolute Gasteiger partial charge is 0.335 e. The first kappa shape index (κ1) is 19.0. The fourth-order valence-corrected chi connectivity index (χ4v) is 3.73. The van der Waals surface area contributed by atoms with Gasteiger partial charge in [-0.05, 0) is 48.4 Å². The number of amides is 1. The highest BCUT2D eigenvalue weighted by Crippen LogP contribution is 2.27. The number of carbonyl (C=O) groups excluding carboxylic acids is 1. The molecule has 5 heteroatoms. The van der Waals surface area contributed by atoms with Crippen molar-refractivity contribution in [2.45, 2.75) is 25.7 Å². The molecular weight excluding hydrogens is 342 g/mol. The summed E-state index contributed by atoms with van der Waals surface area (Å²) in [6.45, 7) is 1.43. The van der Waals surface area contributed by atoms with Crippen LogP contribution in [-0.4, -0.2) is 42.1 Å². The maximum atomic E-state index is 12.6. The topological polar surface area (TPSA) is 66.8 Å². The van der Waals surface area contributed by atoms with Gasteiger partial charge in [-0.2, -0.15) is 0 Å². The Morgan fingerprint density at radius 3 is 2.33 bits per heavy atom. The van der Waals surface area contributed by atoms with E-state index in [9.17, 15) is 14.7 Å². The molecule has 1 aliphatic rings. The summed E-state index contributed by atoms with van der Waals surface area (Å²) < 4.78 is 5.43. The number of benzene rings is 2. The van der Waals surface area contributed by atoms with Gasteiger partial charge in [-0.1, -0.05) is 36.4 Å². The molecule has 1 heterocycles. The van der Waals surface area contributed by atoms with Gasteiger partial charge in [0, 0.05) is 13.1 Å². The molecule has 0 bridgehead atoms. The van der Waals surface area contributed by atoms with Crippen LogP contribution in [-0.2, 0) is 17.6 Å². The third kappa shape index (κ3) is 4.67. The standard InChI is InChI=1S/C22H25NO4/c1-27-20-9-5-3-7-18(20)14-16-10-12-23(13-11-16)21(24)15-17-6-2-4-8-19(17)22(25)26/h2-9,16H,10-15H2,1H3,(H,25,26). The van der Waals surface area contributed by atoms with Crippen molar-refractivity contribution < 1.29 is 19.4 Å². The number of para-hydroxylation sites is 1. The number of carboxylic acid groups (broad SMARTS) is 1. The van der Waals surface area contributed by atoms with Crippen LogP contribution < -0.4 is 4.74 Å². The Balaban J connectivity index is 1.56. The highest BCUT2D eigenvalue weighted by Gasteiger charge is 2.24. The molecule has 27 heavy (non-hydrogen) atoms. The summed E-state index contributed by atoms with van der Waals surface area (Å²) in [7, 11) is 1.69. The van der Waals surface area contributed by atoms with Crippen LogP contribution in [0.15, 0.2) is 48.5 Å². The van der Waals surface area contributed by atoms with Crippen LogP contribution in [0.3, 0.4) is 0 Å². The van der Waals surface area contributed by atoms with E-state index in [-0.39, 0.29) is 17.9 Å². The largest absolute Gasteiger partial charge is 0.496 e. The second-order valence-corrected chi connectivity index (χ2v) is 6.98. The first-order valence-corrected chi connectivity index (χ1v) is 9.29. The van der Waals surface area contributed by atoms with Crippen LogP contribution >= 0.6 is 0 Å². The maximum Gasteiger partial charge on any atom is 0.335 e. The minimum Gasteiger partial charge on any atom is -0.496 e. The van der Waals surface area contributed by atoms with Crippen molar-refractivity contribution in [1.82, 2.24) is 4.90 Å². The lowest BCUT2D eigenvalue weighted by Crippen LogP contribution is -2.39.